The molecule has 2 N–H and O–H groups in total. The minimum absolute atomic E-state index is 0.275. The van der Waals surface area contributed by atoms with Crippen LogP contribution in [0.3, 0.4) is 0 Å². The molecular formula is C10H21NO2. The van der Waals surface area contributed by atoms with Gasteiger partial charge in [-0.25, -0.2) is 0 Å². The third-order valence-electron chi connectivity index (χ3n) is 1.79. The standard InChI is InChI=1S/C5H11N.C5H10O2/c1-2-4-6-5-3-1;1-4(2)3-5(6)7/h6H,1-5H2;4H,3H2,1-2H3,(H,6,7). The molecule has 1 fully saturated rings. The SMILES string of the molecule is C1CCNCC1.CC(C)CC(=O)O. The second-order valence-electron chi connectivity index (χ2n) is 3.80. The molecular weight excluding hydrogens is 166 g/mol. The lowest BCUT2D eigenvalue weighted by atomic mass is 10.1. The topological polar surface area (TPSA) is 49.3 Å². The van der Waals surface area contributed by atoms with Crippen LogP contribution in [0.5, 0.6) is 0 Å². The van der Waals surface area contributed by atoms with Crippen LogP contribution >= 0.6 is 0 Å². The molecule has 1 heterocycles. The molecule has 0 amide bonds. The van der Waals surface area contributed by atoms with E-state index in [0.717, 1.165) is 0 Å². The quantitative estimate of drug-likeness (QED) is 0.694. The van der Waals surface area contributed by atoms with Crippen LogP contribution < -0.4 is 5.32 Å². The maximum absolute atomic E-state index is 9.81. The first-order valence-corrected chi connectivity index (χ1v) is 5.05. The molecule has 0 aromatic rings. The van der Waals surface area contributed by atoms with Crippen molar-refractivity contribution in [3.05, 3.63) is 0 Å². The highest BCUT2D eigenvalue weighted by atomic mass is 16.4. The van der Waals surface area contributed by atoms with Crippen molar-refractivity contribution in [3.8, 4) is 0 Å². The van der Waals surface area contributed by atoms with Gasteiger partial charge in [-0.05, 0) is 31.8 Å². The Morgan fingerprint density at radius 3 is 1.92 bits per heavy atom. The number of piperidine rings is 1. The summed E-state index contributed by atoms with van der Waals surface area (Å²) in [6.45, 7) is 6.27. The van der Waals surface area contributed by atoms with Crippen molar-refractivity contribution >= 4 is 5.97 Å². The lowest BCUT2D eigenvalue weighted by Crippen LogP contribution is -2.21. The molecule has 0 saturated carbocycles. The van der Waals surface area contributed by atoms with Crippen molar-refractivity contribution < 1.29 is 9.90 Å². The van der Waals surface area contributed by atoms with Gasteiger partial charge in [0.25, 0.3) is 0 Å². The summed E-state index contributed by atoms with van der Waals surface area (Å²) in [5, 5.41) is 11.4. The van der Waals surface area contributed by atoms with Crippen LogP contribution in [0.15, 0.2) is 0 Å². The van der Waals surface area contributed by atoms with E-state index in [4.69, 9.17) is 5.11 Å². The Kier molecular flexibility index (Phi) is 7.69. The molecule has 3 heteroatoms. The van der Waals surface area contributed by atoms with Crippen molar-refractivity contribution in [2.24, 2.45) is 5.92 Å². The fourth-order valence-corrected chi connectivity index (χ4v) is 1.15. The minimum atomic E-state index is -0.713. The summed E-state index contributed by atoms with van der Waals surface area (Å²) >= 11 is 0. The number of carboxylic acid groups (broad SMARTS) is 1. The van der Waals surface area contributed by atoms with E-state index in [0.29, 0.717) is 0 Å². The first-order valence-electron chi connectivity index (χ1n) is 5.05. The van der Waals surface area contributed by atoms with Gasteiger partial charge in [-0.2, -0.15) is 0 Å². The summed E-state index contributed by atoms with van der Waals surface area (Å²) in [6.07, 6.45) is 4.49. The highest BCUT2D eigenvalue weighted by Crippen LogP contribution is 1.97. The fourth-order valence-electron chi connectivity index (χ4n) is 1.15. The van der Waals surface area contributed by atoms with E-state index in [9.17, 15) is 4.79 Å². The van der Waals surface area contributed by atoms with E-state index < -0.39 is 5.97 Å². The normalized spacial score (nSPS) is 16.2. The van der Waals surface area contributed by atoms with Crippen LogP contribution in [-0.4, -0.2) is 24.2 Å². The predicted octanol–water partition coefficient (Wildman–Crippen LogP) is 1.88. The van der Waals surface area contributed by atoms with Crippen molar-refractivity contribution in [1.29, 1.82) is 0 Å². The van der Waals surface area contributed by atoms with Gasteiger partial charge in [-0.15, -0.1) is 0 Å². The third-order valence-corrected chi connectivity index (χ3v) is 1.79. The zero-order valence-corrected chi connectivity index (χ0v) is 8.68. The van der Waals surface area contributed by atoms with Gasteiger partial charge in [0.2, 0.25) is 0 Å². The molecule has 0 atom stereocenters. The molecule has 0 aliphatic carbocycles. The zero-order chi connectivity index (χ0) is 10.1. The summed E-state index contributed by atoms with van der Waals surface area (Å²) in [6, 6.07) is 0. The monoisotopic (exact) mass is 187 g/mol. The second kappa shape index (κ2) is 8.05. The average Bonchev–Trinajstić information content (AvgIpc) is 2.06. The summed E-state index contributed by atoms with van der Waals surface area (Å²) in [4.78, 5) is 9.81. The van der Waals surface area contributed by atoms with Crippen LogP contribution in [-0.2, 0) is 4.79 Å². The molecule has 0 spiro atoms. The molecule has 3 nitrogen and oxygen atoms in total. The van der Waals surface area contributed by atoms with Gasteiger partial charge in [0.05, 0.1) is 0 Å². The number of hydrogen-bond acceptors (Lipinski definition) is 2. The third kappa shape index (κ3) is 11.4. The first kappa shape index (κ1) is 12.4. The van der Waals surface area contributed by atoms with Crippen molar-refractivity contribution in [2.75, 3.05) is 13.1 Å². The number of nitrogens with one attached hydrogen (secondary N) is 1. The number of carbonyl (C=O) groups is 1. The van der Waals surface area contributed by atoms with E-state index in [1.165, 1.54) is 32.4 Å². The Balaban J connectivity index is 0.000000223. The van der Waals surface area contributed by atoms with Crippen molar-refractivity contribution in [1.82, 2.24) is 5.32 Å². The number of rotatable bonds is 2. The van der Waals surface area contributed by atoms with Crippen LogP contribution in [0.1, 0.15) is 39.5 Å². The Morgan fingerprint density at radius 2 is 1.85 bits per heavy atom. The Labute approximate surface area is 80.5 Å². The molecule has 0 bridgehead atoms. The average molecular weight is 187 g/mol. The van der Waals surface area contributed by atoms with Crippen LogP contribution in [0.2, 0.25) is 0 Å². The smallest absolute Gasteiger partial charge is 0.303 e. The zero-order valence-electron chi connectivity index (χ0n) is 8.68. The number of aliphatic carboxylic acids is 1. The number of hydrogen-bond donors (Lipinski definition) is 2. The van der Waals surface area contributed by atoms with Gasteiger partial charge in [0, 0.05) is 6.42 Å². The molecule has 0 radical (unpaired) electrons. The van der Waals surface area contributed by atoms with Crippen molar-refractivity contribution in [3.63, 3.8) is 0 Å². The molecule has 1 rings (SSSR count). The Bertz CT molecular complexity index is 119. The molecule has 0 aromatic heterocycles. The molecule has 1 saturated heterocycles. The summed E-state index contributed by atoms with van der Waals surface area (Å²) in [5.74, 6) is -0.438. The lowest BCUT2D eigenvalue weighted by molar-refractivity contribution is -0.137. The first-order chi connectivity index (χ1) is 6.13. The maximum atomic E-state index is 9.81. The van der Waals surface area contributed by atoms with Gasteiger partial charge in [0.1, 0.15) is 0 Å². The lowest BCUT2D eigenvalue weighted by Gasteiger charge is -2.08. The fraction of sp³-hybridized carbons (Fsp3) is 0.900. The molecule has 0 aromatic carbocycles. The van der Waals surface area contributed by atoms with Crippen LogP contribution in [0.25, 0.3) is 0 Å². The van der Waals surface area contributed by atoms with Gasteiger partial charge in [-0.1, -0.05) is 20.3 Å². The maximum Gasteiger partial charge on any atom is 0.303 e. The summed E-state index contributed by atoms with van der Waals surface area (Å²) < 4.78 is 0. The molecule has 78 valence electrons. The van der Waals surface area contributed by atoms with Crippen molar-refractivity contribution in [2.45, 2.75) is 39.5 Å². The molecule has 13 heavy (non-hydrogen) atoms. The van der Waals surface area contributed by atoms with E-state index in [-0.39, 0.29) is 12.3 Å². The van der Waals surface area contributed by atoms with Crippen LogP contribution in [0, 0.1) is 5.92 Å². The van der Waals surface area contributed by atoms with E-state index in [2.05, 4.69) is 5.32 Å². The molecule has 1 aliphatic rings. The largest absolute Gasteiger partial charge is 0.481 e. The van der Waals surface area contributed by atoms with E-state index in [1.807, 2.05) is 13.8 Å². The Morgan fingerprint density at radius 1 is 1.31 bits per heavy atom. The highest BCUT2D eigenvalue weighted by Gasteiger charge is 1.98. The minimum Gasteiger partial charge on any atom is -0.481 e. The molecule has 1 aliphatic heterocycles. The van der Waals surface area contributed by atoms with Gasteiger partial charge < -0.3 is 10.4 Å². The molecule has 0 unspecified atom stereocenters. The van der Waals surface area contributed by atoms with E-state index >= 15 is 0 Å². The summed E-state index contributed by atoms with van der Waals surface area (Å²) in [5.41, 5.74) is 0. The van der Waals surface area contributed by atoms with Gasteiger partial charge in [-0.3, -0.25) is 4.79 Å². The second-order valence-corrected chi connectivity index (χ2v) is 3.80. The van der Waals surface area contributed by atoms with E-state index in [1.54, 1.807) is 0 Å². The van der Waals surface area contributed by atoms with Gasteiger partial charge >= 0.3 is 5.97 Å². The van der Waals surface area contributed by atoms with Crippen LogP contribution in [0.4, 0.5) is 0 Å². The Hall–Kier alpha value is -0.570. The van der Waals surface area contributed by atoms with Gasteiger partial charge in [0.15, 0.2) is 0 Å². The predicted molar refractivity (Wildman–Crippen MR) is 53.8 cm³/mol. The summed E-state index contributed by atoms with van der Waals surface area (Å²) in [7, 11) is 0. The number of carboxylic acids is 1. The highest BCUT2D eigenvalue weighted by molar-refractivity contribution is 5.66.